The lowest BCUT2D eigenvalue weighted by Gasteiger charge is -2.40. The Balaban J connectivity index is 2.05. The van der Waals surface area contributed by atoms with Crippen molar-refractivity contribution in [2.24, 2.45) is 11.8 Å². The smallest absolute Gasteiger partial charge is 0.192 e. The summed E-state index contributed by atoms with van der Waals surface area (Å²) >= 11 is 0. The molecule has 3 rings (SSSR count). The van der Waals surface area contributed by atoms with Gasteiger partial charge in [0.15, 0.2) is 21.9 Å². The van der Waals surface area contributed by atoms with Gasteiger partial charge in [0.25, 0.3) is 0 Å². The molecule has 5 atom stereocenters. The predicted octanol–water partition coefficient (Wildman–Crippen LogP) is 7.60. The fraction of sp³-hybridized carbons (Fsp3) is 0.742. The van der Waals surface area contributed by atoms with Crippen LogP contribution in [0.2, 0.25) is 18.1 Å². The molecule has 0 radical (unpaired) electrons. The number of hydrogen-bond acceptors (Lipinski definition) is 6. The van der Waals surface area contributed by atoms with Gasteiger partial charge in [-0.25, -0.2) is 0 Å². The molecule has 216 valence electrons. The van der Waals surface area contributed by atoms with Crippen molar-refractivity contribution in [1.82, 2.24) is 0 Å². The zero-order valence-electron chi connectivity index (χ0n) is 25.6. The first kappa shape index (κ1) is 31.1. The number of ether oxygens (including phenoxy) is 5. The van der Waals surface area contributed by atoms with Crippen LogP contribution in [0, 0.1) is 11.8 Å². The maximum atomic E-state index is 6.88. The molecule has 2 aliphatic rings. The number of benzene rings is 1. The topological polar surface area (TPSA) is 58.7 Å². The average molecular weight is 549 g/mol. The first-order valence-corrected chi connectivity index (χ1v) is 17.2. The van der Waals surface area contributed by atoms with E-state index in [4.69, 9.17) is 28.1 Å². The lowest BCUT2D eigenvalue weighted by atomic mass is 9.82. The minimum Gasteiger partial charge on any atom is -0.467 e. The lowest BCUT2D eigenvalue weighted by molar-refractivity contribution is 0.0405. The van der Waals surface area contributed by atoms with Gasteiger partial charge in [-0.3, -0.25) is 0 Å². The quantitative estimate of drug-likeness (QED) is 0.0739. The third-order valence-corrected chi connectivity index (χ3v) is 13.4. The van der Waals surface area contributed by atoms with E-state index in [2.05, 4.69) is 73.3 Å². The Morgan fingerprint density at radius 2 is 1.68 bits per heavy atom. The average Bonchev–Trinajstić information content (AvgIpc) is 3.46. The molecule has 1 saturated heterocycles. The van der Waals surface area contributed by atoms with E-state index >= 15 is 0 Å². The molecule has 7 heteroatoms. The summed E-state index contributed by atoms with van der Waals surface area (Å²) in [7, 11) is 1.35. The van der Waals surface area contributed by atoms with Crippen molar-refractivity contribution >= 4 is 8.32 Å². The third-order valence-electron chi connectivity index (χ3n) is 8.84. The minimum atomic E-state index is -1.94. The Bertz CT molecular complexity index is 925. The van der Waals surface area contributed by atoms with E-state index in [1.807, 2.05) is 0 Å². The summed E-state index contributed by atoms with van der Waals surface area (Å²) < 4.78 is 36.7. The SMILES string of the molecule is C=C(C)[C@@H]1C[C@@H]([C@H](C)O[Si](C)(C)C(C)(C)C)[C@@H]2O[C@]12c1c(OCOC)cc(CCCCC)cc1OCOC. The zero-order chi connectivity index (χ0) is 28.3. The minimum absolute atomic E-state index is 0.00435. The maximum Gasteiger partial charge on any atom is 0.192 e. The van der Waals surface area contributed by atoms with Crippen LogP contribution < -0.4 is 9.47 Å². The van der Waals surface area contributed by atoms with Crippen LogP contribution >= 0.6 is 0 Å². The number of methoxy groups -OCH3 is 2. The molecule has 0 bridgehead atoms. The van der Waals surface area contributed by atoms with Gasteiger partial charge >= 0.3 is 0 Å². The third kappa shape index (κ3) is 6.33. The molecule has 1 aromatic carbocycles. The second-order valence-electron chi connectivity index (χ2n) is 12.7. The number of hydrogen-bond donors (Lipinski definition) is 0. The maximum absolute atomic E-state index is 6.88. The Hall–Kier alpha value is -1.38. The molecule has 2 fully saturated rings. The summed E-state index contributed by atoms with van der Waals surface area (Å²) in [5.74, 6) is 1.91. The van der Waals surface area contributed by atoms with Gasteiger partial charge in [-0.15, -0.1) is 0 Å². The van der Waals surface area contributed by atoms with Crippen LogP contribution in [0.1, 0.15) is 78.4 Å². The van der Waals surface area contributed by atoms with Crippen LogP contribution in [-0.4, -0.2) is 48.3 Å². The monoisotopic (exact) mass is 548 g/mol. The van der Waals surface area contributed by atoms with E-state index in [1.165, 1.54) is 18.4 Å². The number of rotatable bonds is 15. The van der Waals surface area contributed by atoms with Crippen LogP contribution in [0.15, 0.2) is 24.3 Å². The fourth-order valence-corrected chi connectivity index (χ4v) is 7.23. The summed E-state index contributed by atoms with van der Waals surface area (Å²) in [5, 5.41) is 0.144. The van der Waals surface area contributed by atoms with Crippen molar-refractivity contribution in [3.63, 3.8) is 0 Å². The number of unbranched alkanes of at least 4 members (excludes halogenated alkanes) is 2. The van der Waals surface area contributed by atoms with Crippen molar-refractivity contribution in [3.05, 3.63) is 35.4 Å². The molecule has 1 aliphatic heterocycles. The fourth-order valence-electron chi connectivity index (χ4n) is 5.77. The van der Waals surface area contributed by atoms with Crippen LogP contribution in [0.4, 0.5) is 0 Å². The summed E-state index contributed by atoms with van der Waals surface area (Å²) in [6.45, 7) is 22.8. The second kappa shape index (κ2) is 12.4. The van der Waals surface area contributed by atoms with Gasteiger partial charge in [0, 0.05) is 32.2 Å². The highest BCUT2D eigenvalue weighted by Crippen LogP contribution is 2.68. The standard InChI is InChI=1S/C31H52O6Si/c1-12-13-14-15-23-16-26(34-19-32-8)28(27(17-23)35-20-33-9)31-25(21(2)3)18-24(29(31)36-31)22(4)37-38(10,11)30(5,6)7/h16-17,22,24-25,29H,2,12-15,18-20H2,1,3-11H3/t22-,24-,25-,29-,31-/m0/s1. The van der Waals surface area contributed by atoms with Crippen LogP contribution in [0.5, 0.6) is 11.5 Å². The number of aryl methyl sites for hydroxylation is 1. The van der Waals surface area contributed by atoms with Crippen molar-refractivity contribution < 1.29 is 28.1 Å². The Kier molecular flexibility index (Phi) is 10.2. The van der Waals surface area contributed by atoms with Crippen molar-refractivity contribution in [1.29, 1.82) is 0 Å². The molecule has 0 spiro atoms. The molecule has 1 saturated carbocycles. The zero-order valence-corrected chi connectivity index (χ0v) is 26.6. The van der Waals surface area contributed by atoms with Gasteiger partial charge in [-0.05, 0) is 68.9 Å². The molecule has 0 amide bonds. The van der Waals surface area contributed by atoms with Gasteiger partial charge in [0.2, 0.25) is 0 Å². The first-order chi connectivity index (χ1) is 17.8. The molecule has 1 heterocycles. The van der Waals surface area contributed by atoms with Gasteiger partial charge in [-0.2, -0.15) is 0 Å². The second-order valence-corrected chi connectivity index (χ2v) is 17.5. The van der Waals surface area contributed by atoms with Crippen molar-refractivity contribution in [2.45, 2.75) is 110 Å². The number of fused-ring (bicyclic) bond motifs is 1. The van der Waals surface area contributed by atoms with E-state index in [0.717, 1.165) is 41.9 Å². The van der Waals surface area contributed by atoms with E-state index < -0.39 is 13.9 Å². The van der Waals surface area contributed by atoms with Crippen LogP contribution in [-0.2, 0) is 30.7 Å². The molecular formula is C31H52O6Si. The highest BCUT2D eigenvalue weighted by Gasteiger charge is 2.73. The van der Waals surface area contributed by atoms with E-state index in [0.29, 0.717) is 0 Å². The molecule has 1 aromatic rings. The summed E-state index contributed by atoms with van der Waals surface area (Å²) in [4.78, 5) is 0. The van der Waals surface area contributed by atoms with Gasteiger partial charge in [0.1, 0.15) is 17.1 Å². The van der Waals surface area contributed by atoms with Gasteiger partial charge < -0.3 is 28.1 Å². The van der Waals surface area contributed by atoms with Crippen LogP contribution in [0.3, 0.4) is 0 Å². The predicted molar refractivity (Wildman–Crippen MR) is 155 cm³/mol. The van der Waals surface area contributed by atoms with Crippen LogP contribution in [0.25, 0.3) is 0 Å². The van der Waals surface area contributed by atoms with Gasteiger partial charge in [0.05, 0.1) is 11.7 Å². The molecule has 0 aromatic heterocycles. The normalized spacial score (nSPS) is 25.7. The highest BCUT2D eigenvalue weighted by atomic mass is 28.4. The molecule has 0 N–H and O–H groups in total. The summed E-state index contributed by atoms with van der Waals surface area (Å²) in [6, 6.07) is 4.30. The molecule has 38 heavy (non-hydrogen) atoms. The Morgan fingerprint density at radius 3 is 2.16 bits per heavy atom. The van der Waals surface area contributed by atoms with Crippen molar-refractivity contribution in [2.75, 3.05) is 27.8 Å². The van der Waals surface area contributed by atoms with E-state index in [1.54, 1.807) is 14.2 Å². The van der Waals surface area contributed by atoms with E-state index in [-0.39, 0.29) is 42.7 Å². The summed E-state index contributed by atoms with van der Waals surface area (Å²) in [6.07, 6.45) is 5.48. The molecule has 1 aliphatic carbocycles. The Labute approximate surface area is 232 Å². The molecule has 0 unspecified atom stereocenters. The van der Waals surface area contributed by atoms with Gasteiger partial charge in [-0.1, -0.05) is 52.7 Å². The molecule has 6 nitrogen and oxygen atoms in total. The summed E-state index contributed by atoms with van der Waals surface area (Å²) in [5.41, 5.74) is 2.68. The van der Waals surface area contributed by atoms with Crippen molar-refractivity contribution in [3.8, 4) is 11.5 Å². The highest BCUT2D eigenvalue weighted by molar-refractivity contribution is 6.74. The van der Waals surface area contributed by atoms with E-state index in [9.17, 15) is 0 Å². The number of epoxide rings is 1. The Morgan fingerprint density at radius 1 is 1.11 bits per heavy atom. The largest absolute Gasteiger partial charge is 0.467 e. The molecular weight excluding hydrogens is 496 g/mol. The first-order valence-electron chi connectivity index (χ1n) is 14.3. The lowest BCUT2D eigenvalue weighted by Crippen LogP contribution is -2.45.